The molecule has 0 amide bonds. The van der Waals surface area contributed by atoms with Crippen molar-refractivity contribution in [3.05, 3.63) is 41.3 Å². The summed E-state index contributed by atoms with van der Waals surface area (Å²) in [6.07, 6.45) is 5.14. The van der Waals surface area contributed by atoms with Crippen LogP contribution in [0.3, 0.4) is 0 Å². The summed E-state index contributed by atoms with van der Waals surface area (Å²) in [6.45, 7) is 2.26. The average molecular weight is 159 g/mol. The fourth-order valence-electron chi connectivity index (χ4n) is 2.06. The highest BCUT2D eigenvalue weighted by Crippen LogP contribution is 2.34. The summed E-state index contributed by atoms with van der Waals surface area (Å²) in [5.74, 6) is 1.67. The highest BCUT2D eigenvalue weighted by molar-refractivity contribution is 5.43. The Morgan fingerprint density at radius 1 is 1.17 bits per heavy atom. The summed E-state index contributed by atoms with van der Waals surface area (Å²) in [6, 6.07) is 8.83. The van der Waals surface area contributed by atoms with Gasteiger partial charge in [-0.15, -0.1) is 0 Å². The zero-order valence-corrected chi connectivity index (χ0v) is 7.64. The highest BCUT2D eigenvalue weighted by Gasteiger charge is 2.20. The van der Waals surface area contributed by atoms with Crippen molar-refractivity contribution < 1.29 is 0 Å². The van der Waals surface area contributed by atoms with E-state index in [0.717, 1.165) is 0 Å². The normalized spacial score (nSPS) is 16.4. The van der Waals surface area contributed by atoms with Crippen molar-refractivity contribution in [2.24, 2.45) is 0 Å². The highest BCUT2D eigenvalue weighted by atomic mass is 14.2. The molecule has 0 fully saturated rings. The molecule has 1 aliphatic rings. The predicted octanol–water partition coefficient (Wildman–Crippen LogP) is 3.36. The predicted molar refractivity (Wildman–Crippen MR) is 52.0 cm³/mol. The van der Waals surface area contributed by atoms with Crippen molar-refractivity contribution >= 4 is 0 Å². The molecule has 0 saturated carbocycles. The Morgan fingerprint density at radius 2 is 2.00 bits per heavy atom. The first-order valence-corrected chi connectivity index (χ1v) is 4.85. The molecule has 0 N–H and O–H groups in total. The molecule has 0 aliphatic heterocycles. The van der Waals surface area contributed by atoms with E-state index in [4.69, 9.17) is 0 Å². The van der Waals surface area contributed by atoms with Crippen LogP contribution in [0.4, 0.5) is 0 Å². The number of aryl methyl sites for hydroxylation is 1. The van der Waals surface area contributed by atoms with Gasteiger partial charge in [0, 0.05) is 5.92 Å². The standard InChI is InChI=1S/C12H15/c1-2-5-10-8-9-11-6-3-4-7-12(10)11/h3-4,6-7H,2,5,8-9H2,1H3. The fourth-order valence-corrected chi connectivity index (χ4v) is 2.06. The van der Waals surface area contributed by atoms with Gasteiger partial charge in [-0.1, -0.05) is 37.6 Å². The van der Waals surface area contributed by atoms with Crippen molar-refractivity contribution in [1.29, 1.82) is 0 Å². The summed E-state index contributed by atoms with van der Waals surface area (Å²) in [5.41, 5.74) is 3.10. The molecule has 1 aromatic carbocycles. The number of rotatable bonds is 2. The van der Waals surface area contributed by atoms with Crippen molar-refractivity contribution in [3.8, 4) is 0 Å². The average Bonchev–Trinajstić information content (AvgIpc) is 2.50. The van der Waals surface area contributed by atoms with Crippen LogP contribution in [0.25, 0.3) is 0 Å². The third kappa shape index (κ3) is 1.26. The number of fused-ring (bicyclic) bond motifs is 1. The Kier molecular flexibility index (Phi) is 2.16. The van der Waals surface area contributed by atoms with Gasteiger partial charge in [0.25, 0.3) is 0 Å². The van der Waals surface area contributed by atoms with Crippen molar-refractivity contribution in [2.75, 3.05) is 0 Å². The maximum Gasteiger partial charge on any atom is 0.00558 e. The first kappa shape index (κ1) is 7.85. The maximum atomic E-state index is 2.27. The van der Waals surface area contributed by atoms with Crippen molar-refractivity contribution in [3.63, 3.8) is 0 Å². The van der Waals surface area contributed by atoms with Gasteiger partial charge in [-0.3, -0.25) is 0 Å². The topological polar surface area (TPSA) is 0 Å². The molecule has 0 unspecified atom stereocenters. The first-order chi connectivity index (χ1) is 5.92. The summed E-state index contributed by atoms with van der Waals surface area (Å²) in [5, 5.41) is 0. The SMILES string of the molecule is CCC[C]1CCc2ccccc21. The van der Waals surface area contributed by atoms with E-state index in [9.17, 15) is 0 Å². The van der Waals surface area contributed by atoms with Gasteiger partial charge in [-0.05, 0) is 30.4 Å². The lowest BCUT2D eigenvalue weighted by molar-refractivity contribution is 0.775. The minimum Gasteiger partial charge on any atom is -0.0654 e. The Hall–Kier alpha value is -0.780. The van der Waals surface area contributed by atoms with Crippen molar-refractivity contribution in [2.45, 2.75) is 32.6 Å². The molecule has 0 bridgehead atoms. The molecule has 0 aromatic heterocycles. The molecule has 1 aliphatic carbocycles. The molecule has 2 rings (SSSR count). The quantitative estimate of drug-likeness (QED) is 0.620. The van der Waals surface area contributed by atoms with Crippen LogP contribution in [0, 0.1) is 5.92 Å². The van der Waals surface area contributed by atoms with E-state index in [1.54, 1.807) is 17.0 Å². The Bertz CT molecular complexity index is 260. The summed E-state index contributed by atoms with van der Waals surface area (Å²) < 4.78 is 0. The molecule has 0 spiro atoms. The molecule has 63 valence electrons. The van der Waals surface area contributed by atoms with Gasteiger partial charge in [-0.25, -0.2) is 0 Å². The van der Waals surface area contributed by atoms with Gasteiger partial charge >= 0.3 is 0 Å². The Morgan fingerprint density at radius 3 is 2.83 bits per heavy atom. The maximum absolute atomic E-state index is 2.27. The van der Waals surface area contributed by atoms with E-state index in [1.807, 2.05) is 0 Å². The number of hydrogen-bond acceptors (Lipinski definition) is 0. The largest absolute Gasteiger partial charge is 0.0654 e. The molecule has 0 heterocycles. The fraction of sp³-hybridized carbons (Fsp3) is 0.417. The van der Waals surface area contributed by atoms with Gasteiger partial charge in [-0.2, -0.15) is 0 Å². The molecule has 0 saturated heterocycles. The lowest BCUT2D eigenvalue weighted by Gasteiger charge is -2.07. The van der Waals surface area contributed by atoms with Crippen LogP contribution in [0.5, 0.6) is 0 Å². The zero-order chi connectivity index (χ0) is 8.39. The molecule has 0 atom stereocenters. The second kappa shape index (κ2) is 3.30. The summed E-state index contributed by atoms with van der Waals surface area (Å²) in [4.78, 5) is 0. The van der Waals surface area contributed by atoms with Crippen LogP contribution in [0.1, 0.15) is 37.3 Å². The molecule has 0 nitrogen and oxygen atoms in total. The van der Waals surface area contributed by atoms with Crippen LogP contribution in [0.2, 0.25) is 0 Å². The minimum atomic E-state index is 1.27. The van der Waals surface area contributed by atoms with E-state index < -0.39 is 0 Å². The lowest BCUT2D eigenvalue weighted by Crippen LogP contribution is -1.92. The molecule has 1 radical (unpaired) electrons. The molecular formula is C12H15. The van der Waals surface area contributed by atoms with Crippen LogP contribution >= 0.6 is 0 Å². The van der Waals surface area contributed by atoms with Crippen LogP contribution < -0.4 is 0 Å². The van der Waals surface area contributed by atoms with Gasteiger partial charge in [0.2, 0.25) is 0 Å². The first-order valence-electron chi connectivity index (χ1n) is 4.85. The molecular weight excluding hydrogens is 144 g/mol. The number of benzene rings is 1. The third-order valence-corrected chi connectivity index (χ3v) is 2.65. The van der Waals surface area contributed by atoms with E-state index in [0.29, 0.717) is 0 Å². The minimum absolute atomic E-state index is 1.27. The van der Waals surface area contributed by atoms with E-state index in [1.165, 1.54) is 25.7 Å². The zero-order valence-electron chi connectivity index (χ0n) is 7.64. The Labute approximate surface area is 74.6 Å². The van der Waals surface area contributed by atoms with Gasteiger partial charge in [0.15, 0.2) is 0 Å². The summed E-state index contributed by atoms with van der Waals surface area (Å²) >= 11 is 0. The number of hydrogen-bond donors (Lipinski definition) is 0. The van der Waals surface area contributed by atoms with Gasteiger partial charge in [0.05, 0.1) is 0 Å². The van der Waals surface area contributed by atoms with Gasteiger partial charge in [0.1, 0.15) is 0 Å². The van der Waals surface area contributed by atoms with E-state index in [2.05, 4.69) is 31.2 Å². The second-order valence-corrected chi connectivity index (χ2v) is 3.51. The third-order valence-electron chi connectivity index (χ3n) is 2.65. The van der Waals surface area contributed by atoms with E-state index in [-0.39, 0.29) is 0 Å². The van der Waals surface area contributed by atoms with Crippen LogP contribution in [-0.4, -0.2) is 0 Å². The van der Waals surface area contributed by atoms with Crippen LogP contribution in [-0.2, 0) is 6.42 Å². The molecule has 12 heavy (non-hydrogen) atoms. The van der Waals surface area contributed by atoms with E-state index >= 15 is 0 Å². The monoisotopic (exact) mass is 159 g/mol. The smallest absolute Gasteiger partial charge is 0.00558 e. The second-order valence-electron chi connectivity index (χ2n) is 3.51. The lowest BCUT2D eigenvalue weighted by atomic mass is 9.97. The van der Waals surface area contributed by atoms with Crippen LogP contribution in [0.15, 0.2) is 24.3 Å². The van der Waals surface area contributed by atoms with Gasteiger partial charge < -0.3 is 0 Å². The summed E-state index contributed by atoms with van der Waals surface area (Å²) in [7, 11) is 0. The van der Waals surface area contributed by atoms with Crippen molar-refractivity contribution in [1.82, 2.24) is 0 Å². The molecule has 1 aromatic rings. The molecule has 0 heteroatoms. The Balaban J connectivity index is 2.24.